The van der Waals surface area contributed by atoms with Crippen LogP contribution in [-0.2, 0) is 14.4 Å². The molecule has 0 radical (unpaired) electrons. The van der Waals surface area contributed by atoms with Crippen LogP contribution in [0.15, 0.2) is 12.2 Å². The first-order valence-corrected chi connectivity index (χ1v) is 16.2. The minimum absolute atomic E-state index is 0.445. The Bertz CT molecular complexity index is 647. The molecular weight excluding hydrogens is 506 g/mol. The van der Waals surface area contributed by atoms with Gasteiger partial charge >= 0.3 is 11.9 Å². The number of rotatable bonds is 28. The Morgan fingerprint density at radius 3 is 1.38 bits per heavy atom. The quantitative estimate of drug-likeness (QED) is 0.0608. The molecule has 7 nitrogen and oxygen atoms in total. The smallest absolute Gasteiger partial charge is 0.306 e. The number of nitrogens with zero attached hydrogens (tertiary/aromatic N) is 1. The highest BCUT2D eigenvalue weighted by molar-refractivity contribution is 5.69. The molecule has 234 valence electrons. The minimum Gasteiger partial charge on any atom is -0.550 e. The zero-order valence-corrected chi connectivity index (χ0v) is 26.2. The van der Waals surface area contributed by atoms with Gasteiger partial charge in [0.2, 0.25) is 0 Å². The van der Waals surface area contributed by atoms with Crippen molar-refractivity contribution < 1.29 is 34.2 Å². The fourth-order valence-electron chi connectivity index (χ4n) is 5.12. The van der Waals surface area contributed by atoms with Crippen LogP contribution < -0.4 is 5.11 Å². The number of carbonyl (C=O) groups is 3. The molecule has 0 aliphatic rings. The zero-order valence-electron chi connectivity index (χ0n) is 26.2. The maximum absolute atomic E-state index is 11.5. The van der Waals surface area contributed by atoms with Crippen LogP contribution in [0.1, 0.15) is 137 Å². The largest absolute Gasteiger partial charge is 0.550 e. The number of carboxylic acid groups (broad SMARTS) is 3. The van der Waals surface area contributed by atoms with Crippen molar-refractivity contribution in [3.05, 3.63) is 12.2 Å². The van der Waals surface area contributed by atoms with Gasteiger partial charge in [0.1, 0.15) is 0 Å². The number of aliphatic carboxylic acids is 3. The molecule has 0 fully saturated rings. The molecule has 3 atom stereocenters. The molecule has 2 N–H and O–H groups in total. The zero-order chi connectivity index (χ0) is 30.2. The third-order valence-electron chi connectivity index (χ3n) is 8.50. The van der Waals surface area contributed by atoms with E-state index in [0.717, 1.165) is 25.8 Å². The molecular formula is C33H61NO6. The van der Waals surface area contributed by atoms with E-state index in [0.29, 0.717) is 43.4 Å². The maximum Gasteiger partial charge on any atom is 0.306 e. The van der Waals surface area contributed by atoms with E-state index in [-0.39, 0.29) is 0 Å². The van der Waals surface area contributed by atoms with Crippen molar-refractivity contribution in [1.82, 2.24) is 0 Å². The number of quaternary nitrogens is 1. The van der Waals surface area contributed by atoms with Gasteiger partial charge in [0.15, 0.2) is 0 Å². The number of allylic oxidation sites excluding steroid dienone is 2. The molecule has 0 aliphatic heterocycles. The Kier molecular flexibility index (Phi) is 22.7. The van der Waals surface area contributed by atoms with Crippen LogP contribution in [-0.4, -0.2) is 58.8 Å². The van der Waals surface area contributed by atoms with Gasteiger partial charge in [-0.3, -0.25) is 9.59 Å². The number of unbranched alkanes of at least 4 members (excludes halogenated alkanes) is 12. The molecule has 0 saturated heterocycles. The lowest BCUT2D eigenvalue weighted by Gasteiger charge is -2.41. The SMILES string of the molecule is CCCC/C=C/CCCCCCCCCCCC[N+](CCC(C)C(=O)[O-])(CCC(C)C(=O)O)CCC(C)C(=O)O. The van der Waals surface area contributed by atoms with Crippen molar-refractivity contribution in [2.24, 2.45) is 17.8 Å². The molecule has 40 heavy (non-hydrogen) atoms. The van der Waals surface area contributed by atoms with Crippen molar-refractivity contribution in [2.75, 3.05) is 26.2 Å². The first-order chi connectivity index (χ1) is 19.0. The molecule has 3 unspecified atom stereocenters. The van der Waals surface area contributed by atoms with Crippen LogP contribution in [0.5, 0.6) is 0 Å². The molecule has 0 aromatic heterocycles. The van der Waals surface area contributed by atoms with Gasteiger partial charge < -0.3 is 24.6 Å². The molecule has 0 aromatic carbocycles. The predicted octanol–water partition coefficient (Wildman–Crippen LogP) is 6.84. The summed E-state index contributed by atoms with van der Waals surface area (Å²) in [6.45, 7) is 9.94. The predicted molar refractivity (Wildman–Crippen MR) is 161 cm³/mol. The van der Waals surface area contributed by atoms with Gasteiger partial charge in [0.25, 0.3) is 0 Å². The van der Waals surface area contributed by atoms with Crippen LogP contribution >= 0.6 is 0 Å². The maximum atomic E-state index is 11.5. The van der Waals surface area contributed by atoms with E-state index in [2.05, 4.69) is 19.1 Å². The fourth-order valence-corrected chi connectivity index (χ4v) is 5.12. The third kappa shape index (κ3) is 20.1. The molecule has 0 saturated carbocycles. The Morgan fingerprint density at radius 1 is 0.600 bits per heavy atom. The summed E-state index contributed by atoms with van der Waals surface area (Å²) in [6.07, 6.45) is 23.3. The van der Waals surface area contributed by atoms with Gasteiger partial charge in [0.05, 0.1) is 38.0 Å². The summed E-state index contributed by atoms with van der Waals surface area (Å²) in [6, 6.07) is 0. The van der Waals surface area contributed by atoms with Crippen LogP contribution in [0.4, 0.5) is 0 Å². The minimum atomic E-state index is -1.07. The Hall–Kier alpha value is -1.89. The fraction of sp³-hybridized carbons (Fsp3) is 0.848. The van der Waals surface area contributed by atoms with Gasteiger partial charge in [-0.25, -0.2) is 0 Å². The molecule has 0 rings (SSSR count). The highest BCUT2D eigenvalue weighted by Gasteiger charge is 2.30. The highest BCUT2D eigenvalue weighted by atomic mass is 16.4. The van der Waals surface area contributed by atoms with Gasteiger partial charge in [-0.15, -0.1) is 0 Å². The van der Waals surface area contributed by atoms with E-state index < -0.39 is 35.7 Å². The molecule has 0 amide bonds. The molecule has 0 heterocycles. The summed E-state index contributed by atoms with van der Waals surface area (Å²) < 4.78 is 0.584. The van der Waals surface area contributed by atoms with Crippen molar-refractivity contribution in [3.8, 4) is 0 Å². The van der Waals surface area contributed by atoms with E-state index in [4.69, 9.17) is 0 Å². The van der Waals surface area contributed by atoms with Gasteiger partial charge in [-0.2, -0.15) is 0 Å². The number of hydrogen-bond acceptors (Lipinski definition) is 4. The van der Waals surface area contributed by atoms with Crippen LogP contribution in [0.2, 0.25) is 0 Å². The van der Waals surface area contributed by atoms with E-state index in [1.54, 1.807) is 20.8 Å². The second-order valence-corrected chi connectivity index (χ2v) is 12.2. The first-order valence-electron chi connectivity index (χ1n) is 16.2. The summed E-state index contributed by atoms with van der Waals surface area (Å²) >= 11 is 0. The number of carbonyl (C=O) groups excluding carboxylic acids is 1. The molecule has 7 heteroatoms. The average Bonchev–Trinajstić information content (AvgIpc) is 2.92. The third-order valence-corrected chi connectivity index (χ3v) is 8.50. The lowest BCUT2D eigenvalue weighted by atomic mass is 10.0. The standard InChI is InChI=1S/C33H61NO6/c1-5-6-7-8-9-10-11-12-13-14-15-16-17-18-19-20-24-34(25-21-28(2)31(35)36,26-22-29(3)32(37)38)27-23-30(4)33(39)40/h8-9,28-30H,5-7,10-27H2,1-4H3,(H2-,35,36,37,38,39,40)/b9-8+. The van der Waals surface area contributed by atoms with Crippen LogP contribution in [0.3, 0.4) is 0 Å². The number of carboxylic acids is 3. The van der Waals surface area contributed by atoms with E-state index in [1.807, 2.05) is 0 Å². The monoisotopic (exact) mass is 567 g/mol. The van der Waals surface area contributed by atoms with Gasteiger partial charge in [-0.1, -0.05) is 97.6 Å². The van der Waals surface area contributed by atoms with E-state index in [1.165, 1.54) is 70.6 Å². The molecule has 0 spiro atoms. The van der Waals surface area contributed by atoms with E-state index >= 15 is 0 Å². The second-order valence-electron chi connectivity index (χ2n) is 12.2. The molecule has 0 aromatic rings. The molecule has 0 aliphatic carbocycles. The first kappa shape index (κ1) is 38.1. The van der Waals surface area contributed by atoms with Crippen LogP contribution in [0, 0.1) is 17.8 Å². The second kappa shape index (κ2) is 23.8. The van der Waals surface area contributed by atoms with Crippen LogP contribution in [0.25, 0.3) is 0 Å². The molecule has 0 bridgehead atoms. The average molecular weight is 568 g/mol. The Labute approximate surface area is 245 Å². The van der Waals surface area contributed by atoms with Crippen molar-refractivity contribution in [1.29, 1.82) is 0 Å². The topological polar surface area (TPSA) is 115 Å². The highest BCUT2D eigenvalue weighted by Crippen LogP contribution is 2.22. The lowest BCUT2D eigenvalue weighted by Crippen LogP contribution is -2.52. The number of hydrogen-bond donors (Lipinski definition) is 2. The summed E-state index contributed by atoms with van der Waals surface area (Å²) in [5.74, 6) is -4.31. The summed E-state index contributed by atoms with van der Waals surface area (Å²) in [4.78, 5) is 34.3. The normalized spacial score (nSPS) is 15.5. The summed E-state index contributed by atoms with van der Waals surface area (Å²) in [7, 11) is 0. The lowest BCUT2D eigenvalue weighted by molar-refractivity contribution is -0.929. The van der Waals surface area contributed by atoms with E-state index in [9.17, 15) is 29.7 Å². The summed E-state index contributed by atoms with van der Waals surface area (Å²) in [5.41, 5.74) is 0. The Morgan fingerprint density at radius 2 is 0.975 bits per heavy atom. The Balaban J connectivity index is 4.63. The van der Waals surface area contributed by atoms with Crippen molar-refractivity contribution >= 4 is 17.9 Å². The van der Waals surface area contributed by atoms with Gasteiger partial charge in [-0.05, 0) is 32.1 Å². The van der Waals surface area contributed by atoms with Gasteiger partial charge in [0, 0.05) is 31.1 Å². The summed E-state index contributed by atoms with van der Waals surface area (Å²) in [5, 5.41) is 30.2. The van der Waals surface area contributed by atoms with Crippen molar-refractivity contribution in [2.45, 2.75) is 137 Å². The van der Waals surface area contributed by atoms with Crippen molar-refractivity contribution in [3.63, 3.8) is 0 Å².